The van der Waals surface area contributed by atoms with Gasteiger partial charge in [0.15, 0.2) is 11.5 Å². The lowest BCUT2D eigenvalue weighted by molar-refractivity contribution is -0.114. The van der Waals surface area contributed by atoms with Gasteiger partial charge in [0, 0.05) is 25.5 Å². The van der Waals surface area contributed by atoms with Crippen LogP contribution in [0.1, 0.15) is 70.3 Å². The molecule has 1 unspecified atom stereocenters. The Morgan fingerprint density at radius 1 is 0.837 bits per heavy atom. The minimum atomic E-state index is -3.60. The fraction of sp³-hybridized carbons (Fsp3) is 0.382. The maximum Gasteiger partial charge on any atom is 0.264 e. The van der Waals surface area contributed by atoms with Crippen molar-refractivity contribution in [2.75, 3.05) is 49.7 Å². The van der Waals surface area contributed by atoms with E-state index < -0.39 is 55.2 Å². The molecule has 0 spiro atoms. The van der Waals surface area contributed by atoms with Crippen molar-refractivity contribution in [3.63, 3.8) is 0 Å². The van der Waals surface area contributed by atoms with Crippen LogP contribution in [0, 0.1) is 6.92 Å². The van der Waals surface area contributed by atoms with Crippen LogP contribution >= 0.6 is 0 Å². The van der Waals surface area contributed by atoms with Crippen molar-refractivity contribution >= 4 is 43.1 Å². The summed E-state index contributed by atoms with van der Waals surface area (Å²) in [6.07, 6.45) is 2.22. The molecule has 0 saturated carbocycles. The van der Waals surface area contributed by atoms with E-state index in [1.54, 1.807) is 31.2 Å². The third kappa shape index (κ3) is 10.3. The molecule has 0 radical (unpaired) electrons. The molecule has 13 nitrogen and oxygen atoms in total. The van der Waals surface area contributed by atoms with E-state index in [2.05, 4.69) is 5.32 Å². The molecule has 0 fully saturated rings. The number of fused-ring (bicyclic) bond motifs is 1. The van der Waals surface area contributed by atoms with Crippen molar-refractivity contribution in [1.29, 1.82) is 0 Å². The fourth-order valence-electron chi connectivity index (χ4n) is 5.24. The quantitative estimate of drug-likeness (QED) is 0.244. The minimum Gasteiger partial charge on any atom is -0.494 e. The van der Waals surface area contributed by atoms with E-state index in [1.807, 2.05) is 32.0 Å². The number of nitrogens with two attached hydrogens (primary N) is 1. The number of hydrogen-bond donors (Lipinski definition) is 2. The zero-order valence-corrected chi connectivity index (χ0v) is 30.2. The molecule has 0 saturated heterocycles. The van der Waals surface area contributed by atoms with Gasteiger partial charge in [0.2, 0.25) is 5.91 Å². The number of carbonyl (C=O) groups is 3. The average molecular weight is 718 g/mol. The number of nitrogens with one attached hydrogen (secondary N) is 1. The van der Waals surface area contributed by atoms with Gasteiger partial charge in [-0.15, -0.1) is 0 Å². The summed E-state index contributed by atoms with van der Waals surface area (Å²) in [5.74, 6) is -0.704. The van der Waals surface area contributed by atoms with Crippen LogP contribution in [0.4, 0.5) is 5.69 Å². The predicted molar refractivity (Wildman–Crippen MR) is 187 cm³/mol. The second-order valence-corrected chi connectivity index (χ2v) is 15.9. The first-order valence-corrected chi connectivity index (χ1v) is 19.5. The Labute approximate surface area is 287 Å². The molecule has 266 valence electrons. The lowest BCUT2D eigenvalue weighted by atomic mass is 10.1. The van der Waals surface area contributed by atoms with E-state index in [1.165, 1.54) is 32.4 Å². The van der Waals surface area contributed by atoms with E-state index in [0.29, 0.717) is 30.3 Å². The molecule has 3 N–H and O–H groups in total. The van der Waals surface area contributed by atoms with Crippen molar-refractivity contribution in [2.24, 2.45) is 5.73 Å². The molecule has 3 aromatic carbocycles. The Kier molecular flexibility index (Phi) is 13.0. The van der Waals surface area contributed by atoms with Gasteiger partial charge in [-0.1, -0.05) is 24.3 Å². The Balaban J connectivity index is 0.000000323. The Hall–Kier alpha value is -4.47. The lowest BCUT2D eigenvalue weighted by Crippen LogP contribution is -2.37. The Morgan fingerprint density at radius 3 is 2.00 bits per heavy atom. The van der Waals surface area contributed by atoms with Crippen LogP contribution in [0.15, 0.2) is 54.6 Å². The molecule has 4 rings (SSSR count). The molecule has 2 atom stereocenters. The van der Waals surface area contributed by atoms with E-state index in [-0.39, 0.29) is 22.6 Å². The largest absolute Gasteiger partial charge is 0.494 e. The minimum absolute atomic E-state index is 0.0322. The maximum absolute atomic E-state index is 13.3. The highest BCUT2D eigenvalue weighted by Gasteiger charge is 2.43. The molecular weight excluding hydrogens is 675 g/mol. The number of carbonyl (C=O) groups excluding carboxylic acids is 3. The van der Waals surface area contributed by atoms with Gasteiger partial charge < -0.3 is 25.3 Å². The monoisotopic (exact) mass is 717 g/mol. The van der Waals surface area contributed by atoms with Crippen molar-refractivity contribution in [3.8, 4) is 17.2 Å². The number of methoxy groups -OCH3 is 1. The van der Waals surface area contributed by atoms with Gasteiger partial charge >= 0.3 is 0 Å². The third-order valence-electron chi connectivity index (χ3n) is 7.32. The molecule has 3 aromatic rings. The fourth-order valence-corrected chi connectivity index (χ4v) is 7.00. The smallest absolute Gasteiger partial charge is 0.264 e. The molecular formula is C34H43N3O10S2. The van der Waals surface area contributed by atoms with Crippen LogP contribution in [0.5, 0.6) is 17.2 Å². The number of rotatable bonds is 13. The van der Waals surface area contributed by atoms with Crippen molar-refractivity contribution in [3.05, 3.63) is 82.4 Å². The number of ether oxygens (including phenoxy) is 3. The van der Waals surface area contributed by atoms with Gasteiger partial charge in [0.05, 0.1) is 54.7 Å². The SMILES string of the molecule is CCOc1cc(C(N)CS(C)(=O)=O)ccc1C.CCOc1cc([C@@H](CS(C)(=O)=O)N2C(=O)c3cccc(NC(C)=O)c3C2=O)ccc1OC. The molecule has 1 heterocycles. The molecule has 1 aliphatic heterocycles. The molecule has 15 heteroatoms. The van der Waals surface area contributed by atoms with Gasteiger partial charge in [-0.3, -0.25) is 19.3 Å². The van der Waals surface area contributed by atoms with Crippen LogP contribution in [-0.2, 0) is 24.5 Å². The van der Waals surface area contributed by atoms with E-state index in [0.717, 1.165) is 28.0 Å². The number of hydrogen-bond acceptors (Lipinski definition) is 11. The average Bonchev–Trinajstić information content (AvgIpc) is 3.26. The second kappa shape index (κ2) is 16.3. The molecule has 0 aromatic heterocycles. The highest BCUT2D eigenvalue weighted by molar-refractivity contribution is 7.90. The van der Waals surface area contributed by atoms with E-state index in [4.69, 9.17) is 19.9 Å². The van der Waals surface area contributed by atoms with E-state index in [9.17, 15) is 31.2 Å². The zero-order valence-electron chi connectivity index (χ0n) is 28.6. The number of benzene rings is 3. The van der Waals surface area contributed by atoms with E-state index >= 15 is 0 Å². The predicted octanol–water partition coefficient (Wildman–Crippen LogP) is 3.87. The summed E-state index contributed by atoms with van der Waals surface area (Å²) < 4.78 is 63.2. The maximum atomic E-state index is 13.3. The summed E-state index contributed by atoms with van der Waals surface area (Å²) in [7, 11) is -5.20. The topological polar surface area (TPSA) is 188 Å². The second-order valence-electron chi connectivity index (χ2n) is 11.5. The van der Waals surface area contributed by atoms with Crippen LogP contribution in [0.25, 0.3) is 0 Å². The number of nitrogens with zero attached hydrogens (tertiary/aromatic N) is 1. The first kappa shape index (κ1) is 39.0. The van der Waals surface area contributed by atoms with Crippen molar-refractivity contribution < 1.29 is 45.4 Å². The first-order valence-electron chi connectivity index (χ1n) is 15.3. The van der Waals surface area contributed by atoms with Crippen LogP contribution in [-0.4, -0.2) is 83.8 Å². The number of amides is 3. The highest BCUT2D eigenvalue weighted by atomic mass is 32.2. The Morgan fingerprint density at radius 2 is 1.43 bits per heavy atom. The lowest BCUT2D eigenvalue weighted by Gasteiger charge is -2.27. The summed E-state index contributed by atoms with van der Waals surface area (Å²) in [5, 5.41) is 2.55. The zero-order chi connectivity index (χ0) is 36.7. The number of anilines is 1. The summed E-state index contributed by atoms with van der Waals surface area (Å²) >= 11 is 0. The molecule has 49 heavy (non-hydrogen) atoms. The molecule has 0 aliphatic carbocycles. The molecule has 1 aliphatic rings. The standard InChI is InChI=1S/C22H24N2O7S.C12H19NO3S/c1-5-31-19-11-14(9-10-18(19)30-3)17(12-32(4,28)29)24-21(26)15-7-6-8-16(23-13(2)25)20(15)22(24)27;1-4-16-12-7-10(6-5-9(12)2)11(13)8-17(3,14)15/h6-11,17H,5,12H2,1-4H3,(H,23,25);5-7,11H,4,8,13H2,1-3H3/t17-;/m1./s1. The van der Waals surface area contributed by atoms with Gasteiger partial charge in [-0.25, -0.2) is 16.8 Å². The number of sulfone groups is 2. The number of aryl methyl sites for hydroxylation is 1. The number of imide groups is 1. The molecule has 0 bridgehead atoms. The van der Waals surface area contributed by atoms with Crippen LogP contribution in [0.3, 0.4) is 0 Å². The van der Waals surface area contributed by atoms with Gasteiger partial charge in [-0.05, 0) is 67.8 Å². The first-order chi connectivity index (χ1) is 22.9. The van der Waals surface area contributed by atoms with Crippen molar-refractivity contribution in [1.82, 2.24) is 4.90 Å². The van der Waals surface area contributed by atoms with Gasteiger partial charge in [0.1, 0.15) is 25.4 Å². The summed E-state index contributed by atoms with van der Waals surface area (Å²) in [4.78, 5) is 39.1. The van der Waals surface area contributed by atoms with Crippen LogP contribution < -0.4 is 25.3 Å². The van der Waals surface area contributed by atoms with Gasteiger partial charge in [0.25, 0.3) is 11.8 Å². The highest BCUT2D eigenvalue weighted by Crippen LogP contribution is 2.38. The Bertz CT molecular complexity index is 1930. The summed E-state index contributed by atoms with van der Waals surface area (Å²) in [6.45, 7) is 7.83. The normalized spacial score (nSPS) is 13.9. The van der Waals surface area contributed by atoms with Gasteiger partial charge in [-0.2, -0.15) is 0 Å². The summed E-state index contributed by atoms with van der Waals surface area (Å²) in [5.41, 5.74) is 8.38. The van der Waals surface area contributed by atoms with Crippen LogP contribution in [0.2, 0.25) is 0 Å². The molecule has 3 amide bonds. The third-order valence-corrected chi connectivity index (χ3v) is 9.21. The van der Waals surface area contributed by atoms with Crippen molar-refractivity contribution in [2.45, 2.75) is 39.8 Å². The summed E-state index contributed by atoms with van der Waals surface area (Å²) in [6, 6.07) is 13.2.